The zero-order valence-electron chi connectivity index (χ0n) is 12.7. The summed E-state index contributed by atoms with van der Waals surface area (Å²) in [6.07, 6.45) is 0.985. The van der Waals surface area contributed by atoms with Gasteiger partial charge in [-0.25, -0.2) is 0 Å². The van der Waals surface area contributed by atoms with Gasteiger partial charge in [-0.1, -0.05) is 0 Å². The number of nitriles is 2. The van der Waals surface area contributed by atoms with Crippen molar-refractivity contribution in [1.29, 1.82) is 10.5 Å². The molecule has 0 radical (unpaired) electrons. The van der Waals surface area contributed by atoms with E-state index < -0.39 is 0 Å². The molecule has 0 fully saturated rings. The number of methoxy groups -OCH3 is 2. The van der Waals surface area contributed by atoms with Crippen LogP contribution in [0.3, 0.4) is 0 Å². The topological polar surface area (TPSA) is 78.1 Å². The van der Waals surface area contributed by atoms with Crippen LogP contribution in [0.4, 0.5) is 0 Å². The molecule has 1 aromatic rings. The van der Waals surface area contributed by atoms with Gasteiger partial charge in [0.1, 0.15) is 11.5 Å². The first-order valence-corrected chi connectivity index (χ1v) is 6.88. The molecule has 0 aliphatic heterocycles. The Bertz CT molecular complexity index is 531. The van der Waals surface area contributed by atoms with Crippen molar-refractivity contribution in [1.82, 2.24) is 5.32 Å². The Labute approximate surface area is 126 Å². The monoisotopic (exact) mass is 287 g/mol. The van der Waals surface area contributed by atoms with Gasteiger partial charge in [-0.15, -0.1) is 0 Å². The van der Waals surface area contributed by atoms with E-state index in [0.29, 0.717) is 19.4 Å². The van der Waals surface area contributed by atoms with E-state index in [4.69, 9.17) is 20.0 Å². The van der Waals surface area contributed by atoms with Gasteiger partial charge in [-0.05, 0) is 31.5 Å². The second-order valence-electron chi connectivity index (χ2n) is 4.76. The first kappa shape index (κ1) is 16.8. The number of nitrogens with one attached hydrogen (secondary N) is 1. The summed E-state index contributed by atoms with van der Waals surface area (Å²) in [5.74, 6) is 1.38. The van der Waals surface area contributed by atoms with Gasteiger partial charge in [-0.2, -0.15) is 10.5 Å². The van der Waals surface area contributed by atoms with Crippen LogP contribution in [0.15, 0.2) is 18.2 Å². The molecular weight excluding hydrogens is 266 g/mol. The standard InChI is InChI=1S/C16H21N3O2/c1-12(19-11-13(10-18)5-4-8-17)15-9-14(20-2)6-7-16(15)21-3/h6-7,9,12-13,19H,4-5,11H2,1-3H3/t12-,13-/m1/s1. The third-order valence-electron chi connectivity index (χ3n) is 3.36. The quantitative estimate of drug-likeness (QED) is 0.795. The summed E-state index contributed by atoms with van der Waals surface area (Å²) in [7, 11) is 3.25. The van der Waals surface area contributed by atoms with Crippen LogP contribution < -0.4 is 14.8 Å². The summed E-state index contributed by atoms with van der Waals surface area (Å²) in [6, 6.07) is 9.95. The third-order valence-corrected chi connectivity index (χ3v) is 3.36. The maximum Gasteiger partial charge on any atom is 0.123 e. The lowest BCUT2D eigenvalue weighted by atomic mass is 10.0. The normalized spacial score (nSPS) is 12.8. The van der Waals surface area contributed by atoms with E-state index in [1.54, 1.807) is 14.2 Å². The van der Waals surface area contributed by atoms with Gasteiger partial charge in [0.25, 0.3) is 0 Å². The summed E-state index contributed by atoms with van der Waals surface area (Å²) >= 11 is 0. The molecule has 2 atom stereocenters. The number of benzene rings is 1. The van der Waals surface area contributed by atoms with Crippen molar-refractivity contribution in [2.24, 2.45) is 5.92 Å². The largest absolute Gasteiger partial charge is 0.497 e. The zero-order valence-corrected chi connectivity index (χ0v) is 12.7. The fourth-order valence-corrected chi connectivity index (χ4v) is 2.06. The van der Waals surface area contributed by atoms with Gasteiger partial charge in [0.05, 0.1) is 32.3 Å². The Hall–Kier alpha value is -2.24. The van der Waals surface area contributed by atoms with Crippen LogP contribution in [0.2, 0.25) is 0 Å². The second kappa shape index (κ2) is 8.84. The maximum absolute atomic E-state index is 9.07. The molecule has 0 amide bonds. The summed E-state index contributed by atoms with van der Waals surface area (Å²) < 4.78 is 10.6. The van der Waals surface area contributed by atoms with Gasteiger partial charge in [-0.3, -0.25) is 0 Å². The predicted molar refractivity (Wildman–Crippen MR) is 79.9 cm³/mol. The molecule has 0 bridgehead atoms. The molecule has 0 aromatic heterocycles. The van der Waals surface area contributed by atoms with Crippen molar-refractivity contribution < 1.29 is 9.47 Å². The van der Waals surface area contributed by atoms with Crippen molar-refractivity contribution in [3.63, 3.8) is 0 Å². The van der Waals surface area contributed by atoms with Gasteiger partial charge in [0, 0.05) is 24.6 Å². The van der Waals surface area contributed by atoms with Crippen LogP contribution in [0.5, 0.6) is 11.5 Å². The highest BCUT2D eigenvalue weighted by Gasteiger charge is 2.15. The minimum atomic E-state index is -0.163. The van der Waals surface area contributed by atoms with E-state index in [9.17, 15) is 0 Å². The number of hydrogen-bond donors (Lipinski definition) is 1. The Kier molecular flexibility index (Phi) is 7.08. The van der Waals surface area contributed by atoms with Crippen LogP contribution in [0.1, 0.15) is 31.4 Å². The highest BCUT2D eigenvalue weighted by atomic mass is 16.5. The van der Waals surface area contributed by atoms with Gasteiger partial charge < -0.3 is 14.8 Å². The fraction of sp³-hybridized carbons (Fsp3) is 0.500. The smallest absolute Gasteiger partial charge is 0.123 e. The molecule has 0 saturated heterocycles. The van der Waals surface area contributed by atoms with E-state index >= 15 is 0 Å². The molecule has 1 aromatic carbocycles. The third kappa shape index (κ3) is 4.98. The highest BCUT2D eigenvalue weighted by molar-refractivity contribution is 5.42. The van der Waals surface area contributed by atoms with Crippen LogP contribution in [-0.4, -0.2) is 20.8 Å². The molecule has 112 valence electrons. The first-order chi connectivity index (χ1) is 10.2. The summed E-state index contributed by atoms with van der Waals surface area (Å²) in [6.45, 7) is 2.55. The number of rotatable bonds is 8. The predicted octanol–water partition coefficient (Wildman–Crippen LogP) is 2.80. The Morgan fingerprint density at radius 2 is 2.00 bits per heavy atom. The Balaban J connectivity index is 2.72. The lowest BCUT2D eigenvalue weighted by Crippen LogP contribution is -2.25. The van der Waals surface area contributed by atoms with Crippen molar-refractivity contribution in [2.45, 2.75) is 25.8 Å². The lowest BCUT2D eigenvalue weighted by molar-refractivity contribution is 0.389. The summed E-state index contributed by atoms with van der Waals surface area (Å²) in [5, 5.41) is 21.0. The molecule has 1 N–H and O–H groups in total. The van der Waals surface area contributed by atoms with Gasteiger partial charge in [0.2, 0.25) is 0 Å². The first-order valence-electron chi connectivity index (χ1n) is 6.88. The molecule has 5 heteroatoms. The minimum absolute atomic E-state index is 0.0213. The molecule has 0 unspecified atom stereocenters. The van der Waals surface area contributed by atoms with Crippen molar-refractivity contribution in [3.8, 4) is 23.6 Å². The van der Waals surface area contributed by atoms with E-state index in [2.05, 4.69) is 17.5 Å². The van der Waals surface area contributed by atoms with Crippen LogP contribution in [0.25, 0.3) is 0 Å². The van der Waals surface area contributed by atoms with Crippen LogP contribution >= 0.6 is 0 Å². The van der Waals surface area contributed by atoms with Crippen molar-refractivity contribution >= 4 is 0 Å². The minimum Gasteiger partial charge on any atom is -0.497 e. The Morgan fingerprint density at radius 1 is 1.24 bits per heavy atom. The maximum atomic E-state index is 9.07. The highest BCUT2D eigenvalue weighted by Crippen LogP contribution is 2.29. The van der Waals surface area contributed by atoms with E-state index in [0.717, 1.165) is 17.1 Å². The van der Waals surface area contributed by atoms with Gasteiger partial charge >= 0.3 is 0 Å². The summed E-state index contributed by atoms with van der Waals surface area (Å²) in [4.78, 5) is 0. The molecule has 0 saturated carbocycles. The zero-order chi connectivity index (χ0) is 15.7. The molecule has 0 aliphatic carbocycles. The second-order valence-corrected chi connectivity index (χ2v) is 4.76. The van der Waals surface area contributed by atoms with Crippen molar-refractivity contribution in [2.75, 3.05) is 20.8 Å². The molecule has 0 aliphatic rings. The number of ether oxygens (including phenoxy) is 2. The van der Waals surface area contributed by atoms with E-state index in [1.807, 2.05) is 25.1 Å². The lowest BCUT2D eigenvalue weighted by Gasteiger charge is -2.19. The van der Waals surface area contributed by atoms with Crippen LogP contribution in [0, 0.1) is 28.6 Å². The Morgan fingerprint density at radius 3 is 2.57 bits per heavy atom. The molecular formula is C16H21N3O2. The van der Waals surface area contributed by atoms with Gasteiger partial charge in [0.15, 0.2) is 0 Å². The molecule has 5 nitrogen and oxygen atoms in total. The molecule has 0 spiro atoms. The van der Waals surface area contributed by atoms with Crippen molar-refractivity contribution in [3.05, 3.63) is 23.8 Å². The average molecular weight is 287 g/mol. The van der Waals surface area contributed by atoms with E-state index in [-0.39, 0.29) is 12.0 Å². The van der Waals surface area contributed by atoms with Crippen LogP contribution in [-0.2, 0) is 0 Å². The average Bonchev–Trinajstić information content (AvgIpc) is 2.54. The molecule has 1 rings (SSSR count). The molecule has 0 heterocycles. The van der Waals surface area contributed by atoms with E-state index in [1.165, 1.54) is 0 Å². The number of nitrogens with zero attached hydrogens (tertiary/aromatic N) is 2. The number of hydrogen-bond acceptors (Lipinski definition) is 5. The fourth-order valence-electron chi connectivity index (χ4n) is 2.06. The molecule has 21 heavy (non-hydrogen) atoms. The SMILES string of the molecule is COc1ccc(OC)c([C@@H](C)NC[C@@H](C#N)CCC#N)c1. The summed E-state index contributed by atoms with van der Waals surface area (Å²) in [5.41, 5.74) is 0.980.